The monoisotopic (exact) mass is 306 g/mol. The predicted octanol–water partition coefficient (Wildman–Crippen LogP) is 1.79. The van der Waals surface area contributed by atoms with Gasteiger partial charge in [-0.05, 0) is 6.42 Å². The van der Waals surface area contributed by atoms with E-state index in [1.165, 1.54) is 11.3 Å². The fraction of sp³-hybridized carbons (Fsp3) is 0.500. The molecule has 6 nitrogen and oxygen atoms in total. The third kappa shape index (κ3) is 2.98. The number of carbonyl (C=O) groups is 1. The summed E-state index contributed by atoms with van der Waals surface area (Å²) in [6, 6.07) is 0. The molecule has 2 aromatic heterocycles. The van der Waals surface area contributed by atoms with Gasteiger partial charge in [0.2, 0.25) is 0 Å². The quantitative estimate of drug-likeness (QED) is 0.867. The Morgan fingerprint density at radius 2 is 2.43 bits per heavy atom. The maximum Gasteiger partial charge on any atom is 0.273 e. The summed E-state index contributed by atoms with van der Waals surface area (Å²) in [7, 11) is 1.86. The van der Waals surface area contributed by atoms with Gasteiger partial charge in [-0.2, -0.15) is 5.10 Å². The molecule has 1 fully saturated rings. The first-order chi connectivity index (χ1) is 10.2. The molecular weight excluding hydrogens is 288 g/mol. The van der Waals surface area contributed by atoms with Gasteiger partial charge in [-0.25, -0.2) is 4.98 Å². The first-order valence-corrected chi connectivity index (χ1v) is 7.90. The summed E-state index contributed by atoms with van der Waals surface area (Å²) in [5.74, 6) is -0.0110. The number of thiazole rings is 1. The zero-order chi connectivity index (χ0) is 14.8. The largest absolute Gasteiger partial charge is 0.375 e. The fourth-order valence-corrected chi connectivity index (χ4v) is 3.12. The van der Waals surface area contributed by atoms with E-state index in [-0.39, 0.29) is 12.0 Å². The molecule has 1 saturated heterocycles. The van der Waals surface area contributed by atoms with Gasteiger partial charge in [0.05, 0.1) is 18.9 Å². The first-order valence-electron chi connectivity index (χ1n) is 7.02. The zero-order valence-electron chi connectivity index (χ0n) is 12.2. The predicted molar refractivity (Wildman–Crippen MR) is 80.3 cm³/mol. The highest BCUT2D eigenvalue weighted by Crippen LogP contribution is 2.24. The molecule has 3 rings (SSSR count). The minimum Gasteiger partial charge on any atom is -0.375 e. The maximum absolute atomic E-state index is 12.5. The summed E-state index contributed by atoms with van der Waals surface area (Å²) < 4.78 is 7.33. The van der Waals surface area contributed by atoms with Crippen LogP contribution < -0.4 is 0 Å². The number of aryl methyl sites for hydroxylation is 1. The Kier molecular flexibility index (Phi) is 4.03. The lowest BCUT2D eigenvalue weighted by Gasteiger charge is -2.32. The van der Waals surface area contributed by atoms with E-state index in [0.29, 0.717) is 25.4 Å². The highest BCUT2D eigenvalue weighted by atomic mass is 32.1. The van der Waals surface area contributed by atoms with Gasteiger partial charge in [-0.15, -0.1) is 11.3 Å². The molecule has 7 heteroatoms. The van der Waals surface area contributed by atoms with Gasteiger partial charge in [0.1, 0.15) is 10.7 Å². The van der Waals surface area contributed by atoms with E-state index < -0.39 is 0 Å². The average molecular weight is 306 g/mol. The van der Waals surface area contributed by atoms with Crippen LogP contribution in [0.3, 0.4) is 0 Å². The van der Waals surface area contributed by atoms with Gasteiger partial charge in [0, 0.05) is 37.3 Å². The molecule has 0 spiro atoms. The molecule has 0 saturated carbocycles. The van der Waals surface area contributed by atoms with Gasteiger partial charge in [-0.3, -0.25) is 9.48 Å². The molecule has 0 aromatic carbocycles. The van der Waals surface area contributed by atoms with Crippen molar-refractivity contribution >= 4 is 17.2 Å². The van der Waals surface area contributed by atoms with Crippen LogP contribution >= 0.6 is 11.3 Å². The van der Waals surface area contributed by atoms with E-state index >= 15 is 0 Å². The van der Waals surface area contributed by atoms with Crippen molar-refractivity contribution in [2.24, 2.45) is 7.05 Å². The summed E-state index contributed by atoms with van der Waals surface area (Å²) in [4.78, 5) is 18.8. The van der Waals surface area contributed by atoms with Crippen molar-refractivity contribution in [1.82, 2.24) is 19.7 Å². The number of aromatic nitrogens is 3. The molecule has 1 aliphatic heterocycles. The molecule has 21 heavy (non-hydrogen) atoms. The molecule has 3 heterocycles. The second-order valence-corrected chi connectivity index (χ2v) is 5.95. The molecule has 1 aliphatic rings. The minimum absolute atomic E-state index is 0.0110. The third-order valence-electron chi connectivity index (χ3n) is 3.56. The number of hydrogen-bond acceptors (Lipinski definition) is 5. The number of rotatable bonds is 3. The molecule has 0 N–H and O–H groups in total. The first kappa shape index (κ1) is 14.2. The fourth-order valence-electron chi connectivity index (χ4n) is 2.35. The Morgan fingerprint density at radius 3 is 3.14 bits per heavy atom. The highest BCUT2D eigenvalue weighted by molar-refractivity contribution is 7.13. The zero-order valence-corrected chi connectivity index (χ0v) is 13.0. The van der Waals surface area contributed by atoms with Crippen LogP contribution in [0.15, 0.2) is 17.8 Å². The van der Waals surface area contributed by atoms with Gasteiger partial charge in [0.15, 0.2) is 0 Å². The van der Waals surface area contributed by atoms with Gasteiger partial charge in [0.25, 0.3) is 5.91 Å². The van der Waals surface area contributed by atoms with Crippen molar-refractivity contribution in [2.45, 2.75) is 19.4 Å². The standard InChI is InChI=1S/C14H18N4O2S/c1-3-11-8-18(4-5-20-11)14(19)12-9-21-13(16-12)10-6-15-17(2)7-10/h6-7,9,11H,3-5,8H2,1-2H3/t11-/m0/s1. The summed E-state index contributed by atoms with van der Waals surface area (Å²) in [5.41, 5.74) is 1.45. The van der Waals surface area contributed by atoms with Crippen LogP contribution in [-0.4, -0.2) is 51.4 Å². The Labute approximate surface area is 127 Å². The number of hydrogen-bond donors (Lipinski definition) is 0. The lowest BCUT2D eigenvalue weighted by atomic mass is 10.2. The molecular formula is C14H18N4O2S. The van der Waals surface area contributed by atoms with Gasteiger partial charge >= 0.3 is 0 Å². The van der Waals surface area contributed by atoms with Gasteiger partial charge in [-0.1, -0.05) is 6.92 Å². The lowest BCUT2D eigenvalue weighted by molar-refractivity contribution is -0.0227. The van der Waals surface area contributed by atoms with E-state index in [1.54, 1.807) is 10.9 Å². The van der Waals surface area contributed by atoms with E-state index in [0.717, 1.165) is 17.0 Å². The van der Waals surface area contributed by atoms with E-state index in [2.05, 4.69) is 17.0 Å². The van der Waals surface area contributed by atoms with Crippen LogP contribution in [0, 0.1) is 0 Å². The van der Waals surface area contributed by atoms with Crippen molar-refractivity contribution in [2.75, 3.05) is 19.7 Å². The second kappa shape index (κ2) is 5.95. The van der Waals surface area contributed by atoms with Crippen molar-refractivity contribution in [3.05, 3.63) is 23.5 Å². The number of amides is 1. The smallest absolute Gasteiger partial charge is 0.273 e. The molecule has 112 valence electrons. The molecule has 1 amide bonds. The maximum atomic E-state index is 12.5. The summed E-state index contributed by atoms with van der Waals surface area (Å²) in [5, 5.41) is 6.78. The third-order valence-corrected chi connectivity index (χ3v) is 4.45. The summed E-state index contributed by atoms with van der Waals surface area (Å²) in [6.45, 7) is 3.95. The summed E-state index contributed by atoms with van der Waals surface area (Å²) >= 11 is 1.47. The SMILES string of the molecule is CC[C@H]1CN(C(=O)c2csc(-c3cnn(C)c3)n2)CCO1. The Bertz CT molecular complexity index is 636. The molecule has 0 aliphatic carbocycles. The Morgan fingerprint density at radius 1 is 1.57 bits per heavy atom. The van der Waals surface area contributed by atoms with Crippen LogP contribution in [0.4, 0.5) is 0 Å². The van der Waals surface area contributed by atoms with Crippen molar-refractivity contribution in [3.8, 4) is 10.6 Å². The van der Waals surface area contributed by atoms with Crippen molar-refractivity contribution in [3.63, 3.8) is 0 Å². The number of ether oxygens (including phenoxy) is 1. The minimum atomic E-state index is -0.0110. The molecule has 0 radical (unpaired) electrons. The number of nitrogens with zero attached hydrogens (tertiary/aromatic N) is 4. The normalized spacial score (nSPS) is 19.0. The number of carbonyl (C=O) groups excluding carboxylic acids is 1. The van der Waals surface area contributed by atoms with E-state index in [9.17, 15) is 4.79 Å². The van der Waals surface area contributed by atoms with Crippen molar-refractivity contribution in [1.29, 1.82) is 0 Å². The summed E-state index contributed by atoms with van der Waals surface area (Å²) in [6.07, 6.45) is 4.71. The van der Waals surface area contributed by atoms with Gasteiger partial charge < -0.3 is 9.64 Å². The molecule has 0 unspecified atom stereocenters. The molecule has 2 aromatic rings. The Hall–Kier alpha value is -1.73. The van der Waals surface area contributed by atoms with Crippen LogP contribution in [0.2, 0.25) is 0 Å². The van der Waals surface area contributed by atoms with Crippen LogP contribution in [0.5, 0.6) is 0 Å². The lowest BCUT2D eigenvalue weighted by Crippen LogP contribution is -2.45. The molecule has 0 bridgehead atoms. The van der Waals surface area contributed by atoms with E-state index in [1.807, 2.05) is 23.5 Å². The average Bonchev–Trinajstić information content (AvgIpc) is 3.15. The molecule has 1 atom stereocenters. The van der Waals surface area contributed by atoms with E-state index in [4.69, 9.17) is 4.74 Å². The van der Waals surface area contributed by atoms with Crippen LogP contribution in [0.1, 0.15) is 23.8 Å². The number of morpholine rings is 1. The van der Waals surface area contributed by atoms with Crippen LogP contribution in [0.25, 0.3) is 10.6 Å². The Balaban J connectivity index is 1.75. The van der Waals surface area contributed by atoms with Crippen molar-refractivity contribution < 1.29 is 9.53 Å². The highest BCUT2D eigenvalue weighted by Gasteiger charge is 2.25. The van der Waals surface area contributed by atoms with Crippen LogP contribution in [-0.2, 0) is 11.8 Å². The second-order valence-electron chi connectivity index (χ2n) is 5.09. The topological polar surface area (TPSA) is 60.2 Å².